The van der Waals surface area contributed by atoms with Gasteiger partial charge in [0.15, 0.2) is 5.69 Å². The maximum atomic E-state index is 12.0. The number of aromatic nitrogens is 3. The summed E-state index contributed by atoms with van der Waals surface area (Å²) in [4.78, 5) is 24.3. The third kappa shape index (κ3) is 4.15. The molecule has 0 saturated carbocycles. The summed E-state index contributed by atoms with van der Waals surface area (Å²) < 4.78 is 6.65. The highest BCUT2D eigenvalue weighted by Crippen LogP contribution is 2.12. The molecule has 0 aliphatic carbocycles. The molecule has 0 bridgehead atoms. The van der Waals surface area contributed by atoms with Gasteiger partial charge in [0.2, 0.25) is 0 Å². The number of hydrogen-bond donors (Lipinski definition) is 2. The lowest BCUT2D eigenvalue weighted by molar-refractivity contribution is 0.0525. The standard InChI is InChI=1S/C12H19N5O4/c1-16(9-2-6-21-7-3-9)12(20)13-4-5-17-8-10(11(18)19)14-15-17/h8-9H,2-7H2,1H3,(H,13,20)(H,18,19). The number of carboxylic acid groups (broad SMARTS) is 1. The van der Waals surface area contributed by atoms with Crippen LogP contribution in [0.25, 0.3) is 0 Å². The number of nitrogens with zero attached hydrogens (tertiary/aromatic N) is 4. The van der Waals surface area contributed by atoms with Crippen molar-refractivity contribution in [2.24, 2.45) is 0 Å². The van der Waals surface area contributed by atoms with E-state index in [0.29, 0.717) is 26.3 Å². The molecular formula is C12H19N5O4. The fourth-order valence-electron chi connectivity index (χ4n) is 2.15. The fraction of sp³-hybridized carbons (Fsp3) is 0.667. The summed E-state index contributed by atoms with van der Waals surface area (Å²) in [7, 11) is 1.77. The molecule has 0 aromatic carbocycles. The van der Waals surface area contributed by atoms with Crippen LogP contribution in [-0.4, -0.2) is 69.8 Å². The molecule has 9 heteroatoms. The topological polar surface area (TPSA) is 110 Å². The van der Waals surface area contributed by atoms with Gasteiger partial charge in [-0.1, -0.05) is 5.21 Å². The highest BCUT2D eigenvalue weighted by atomic mass is 16.5. The quantitative estimate of drug-likeness (QED) is 0.778. The zero-order chi connectivity index (χ0) is 15.2. The van der Waals surface area contributed by atoms with E-state index in [1.807, 2.05) is 0 Å². The van der Waals surface area contributed by atoms with Gasteiger partial charge in [-0.3, -0.25) is 0 Å². The van der Waals surface area contributed by atoms with Gasteiger partial charge in [-0.05, 0) is 12.8 Å². The van der Waals surface area contributed by atoms with Crippen molar-refractivity contribution in [1.29, 1.82) is 0 Å². The lowest BCUT2D eigenvalue weighted by Crippen LogP contribution is -2.46. The van der Waals surface area contributed by atoms with Crippen molar-refractivity contribution in [1.82, 2.24) is 25.2 Å². The molecule has 2 amide bonds. The first-order valence-electron chi connectivity index (χ1n) is 6.79. The fourth-order valence-corrected chi connectivity index (χ4v) is 2.15. The highest BCUT2D eigenvalue weighted by Gasteiger charge is 2.22. The van der Waals surface area contributed by atoms with Crippen molar-refractivity contribution >= 4 is 12.0 Å². The zero-order valence-electron chi connectivity index (χ0n) is 11.9. The maximum absolute atomic E-state index is 12.0. The number of amides is 2. The lowest BCUT2D eigenvalue weighted by atomic mass is 10.1. The first kappa shape index (κ1) is 15.2. The molecule has 21 heavy (non-hydrogen) atoms. The predicted octanol–water partition coefficient (Wildman–Crippen LogP) is -0.203. The molecule has 0 atom stereocenters. The highest BCUT2D eigenvalue weighted by molar-refractivity contribution is 5.84. The molecule has 9 nitrogen and oxygen atoms in total. The summed E-state index contributed by atoms with van der Waals surface area (Å²) in [6, 6.07) is 0.0456. The number of carboxylic acids is 1. The van der Waals surface area contributed by atoms with Gasteiger partial charge >= 0.3 is 12.0 Å². The average molecular weight is 297 g/mol. The second-order valence-corrected chi connectivity index (χ2v) is 4.86. The van der Waals surface area contributed by atoms with Crippen molar-refractivity contribution in [3.05, 3.63) is 11.9 Å². The van der Waals surface area contributed by atoms with Crippen molar-refractivity contribution in [3.8, 4) is 0 Å². The Hall–Kier alpha value is -2.16. The van der Waals surface area contributed by atoms with Gasteiger partial charge in [0, 0.05) is 32.8 Å². The van der Waals surface area contributed by atoms with Gasteiger partial charge in [-0.2, -0.15) is 0 Å². The minimum Gasteiger partial charge on any atom is -0.476 e. The molecule has 1 aliphatic heterocycles. The van der Waals surface area contributed by atoms with Gasteiger partial charge in [-0.15, -0.1) is 5.10 Å². The number of rotatable bonds is 5. The lowest BCUT2D eigenvalue weighted by Gasteiger charge is -2.31. The minimum atomic E-state index is -1.12. The van der Waals surface area contributed by atoms with Crippen LogP contribution in [0.5, 0.6) is 0 Å². The van der Waals surface area contributed by atoms with Crippen LogP contribution in [0.1, 0.15) is 23.3 Å². The normalized spacial score (nSPS) is 15.7. The van der Waals surface area contributed by atoms with E-state index in [4.69, 9.17) is 9.84 Å². The Bertz CT molecular complexity index is 498. The third-order valence-electron chi connectivity index (χ3n) is 3.43. The summed E-state index contributed by atoms with van der Waals surface area (Å²) >= 11 is 0. The van der Waals surface area contributed by atoms with Crippen molar-refractivity contribution in [3.63, 3.8) is 0 Å². The van der Waals surface area contributed by atoms with Crippen LogP contribution in [-0.2, 0) is 11.3 Å². The molecule has 0 unspecified atom stereocenters. The monoisotopic (exact) mass is 297 g/mol. The molecule has 2 N–H and O–H groups in total. The third-order valence-corrected chi connectivity index (χ3v) is 3.43. The molecule has 1 aliphatic rings. The van der Waals surface area contributed by atoms with E-state index in [2.05, 4.69) is 15.6 Å². The summed E-state index contributed by atoms with van der Waals surface area (Å²) in [5, 5.41) is 18.7. The Morgan fingerprint density at radius 1 is 1.52 bits per heavy atom. The van der Waals surface area contributed by atoms with Gasteiger partial charge in [-0.25, -0.2) is 14.3 Å². The molecule has 1 fully saturated rings. The van der Waals surface area contributed by atoms with E-state index in [9.17, 15) is 9.59 Å². The van der Waals surface area contributed by atoms with Crippen LogP contribution in [0.15, 0.2) is 6.20 Å². The minimum absolute atomic E-state index is 0.111. The van der Waals surface area contributed by atoms with Gasteiger partial charge in [0.25, 0.3) is 0 Å². The molecule has 0 radical (unpaired) electrons. The van der Waals surface area contributed by atoms with Crippen LogP contribution in [0.4, 0.5) is 4.79 Å². The largest absolute Gasteiger partial charge is 0.476 e. The van der Waals surface area contributed by atoms with E-state index in [1.165, 1.54) is 10.9 Å². The number of nitrogens with one attached hydrogen (secondary N) is 1. The van der Waals surface area contributed by atoms with Gasteiger partial charge in [0.05, 0.1) is 12.7 Å². The number of aromatic carboxylic acids is 1. The van der Waals surface area contributed by atoms with Gasteiger partial charge < -0.3 is 20.1 Å². The summed E-state index contributed by atoms with van der Waals surface area (Å²) in [6.45, 7) is 2.08. The van der Waals surface area contributed by atoms with Crippen LogP contribution in [0.2, 0.25) is 0 Å². The van der Waals surface area contributed by atoms with Crippen LogP contribution in [0, 0.1) is 0 Å². The number of urea groups is 1. The molecule has 1 aromatic heterocycles. The molecule has 1 aromatic rings. The Morgan fingerprint density at radius 2 is 2.24 bits per heavy atom. The predicted molar refractivity (Wildman–Crippen MR) is 72.0 cm³/mol. The Kier molecular flexibility index (Phi) is 5.09. The van der Waals surface area contributed by atoms with E-state index in [-0.39, 0.29) is 17.8 Å². The van der Waals surface area contributed by atoms with Gasteiger partial charge in [0.1, 0.15) is 0 Å². The van der Waals surface area contributed by atoms with Crippen LogP contribution >= 0.6 is 0 Å². The Morgan fingerprint density at radius 3 is 2.86 bits per heavy atom. The van der Waals surface area contributed by atoms with E-state index < -0.39 is 5.97 Å². The van der Waals surface area contributed by atoms with E-state index >= 15 is 0 Å². The first-order chi connectivity index (χ1) is 10.1. The van der Waals surface area contributed by atoms with Crippen molar-refractivity contribution < 1.29 is 19.4 Å². The molecule has 116 valence electrons. The number of carbonyl (C=O) groups is 2. The van der Waals surface area contributed by atoms with Crippen molar-refractivity contribution in [2.45, 2.75) is 25.4 Å². The van der Waals surface area contributed by atoms with Crippen LogP contribution < -0.4 is 5.32 Å². The van der Waals surface area contributed by atoms with Crippen molar-refractivity contribution in [2.75, 3.05) is 26.8 Å². The summed E-state index contributed by atoms with van der Waals surface area (Å²) in [5.74, 6) is -1.12. The second-order valence-electron chi connectivity index (χ2n) is 4.86. The SMILES string of the molecule is CN(C(=O)NCCn1cc(C(=O)O)nn1)C1CCOCC1. The Balaban J connectivity index is 1.74. The molecular weight excluding hydrogens is 278 g/mol. The molecule has 2 rings (SSSR count). The molecule has 0 spiro atoms. The van der Waals surface area contributed by atoms with E-state index in [0.717, 1.165) is 12.8 Å². The molecule has 2 heterocycles. The van der Waals surface area contributed by atoms with Crippen LogP contribution in [0.3, 0.4) is 0 Å². The Labute approximate surface area is 121 Å². The zero-order valence-corrected chi connectivity index (χ0v) is 11.9. The maximum Gasteiger partial charge on any atom is 0.358 e. The summed E-state index contributed by atoms with van der Waals surface area (Å²) in [5.41, 5.74) is -0.111. The summed E-state index contributed by atoms with van der Waals surface area (Å²) in [6.07, 6.45) is 3.01. The molecule has 1 saturated heterocycles. The smallest absolute Gasteiger partial charge is 0.358 e. The average Bonchev–Trinajstić information content (AvgIpc) is 2.96. The first-order valence-corrected chi connectivity index (χ1v) is 6.79. The van der Waals surface area contributed by atoms with E-state index in [1.54, 1.807) is 11.9 Å². The number of hydrogen-bond acceptors (Lipinski definition) is 5. The number of ether oxygens (including phenoxy) is 1. The number of carbonyl (C=O) groups excluding carboxylic acids is 1. The second kappa shape index (κ2) is 7.02.